The standard InChI is InChI=1S/C16H19F3N2O/c1-10(22)13-9-21(20-14(13)15(2,3)4)12-7-5-11(6-8-12)16(17,18)19/h5-8,13H,9H2,1-4H3. The molecular formula is C16H19F3N2O. The van der Waals surface area contributed by atoms with Crippen LogP contribution in [0.15, 0.2) is 29.4 Å². The van der Waals surface area contributed by atoms with E-state index in [0.29, 0.717) is 12.2 Å². The second-order valence-corrected chi connectivity index (χ2v) is 6.53. The quantitative estimate of drug-likeness (QED) is 0.822. The van der Waals surface area contributed by atoms with Crippen LogP contribution in [0.3, 0.4) is 0 Å². The summed E-state index contributed by atoms with van der Waals surface area (Å²) in [4.78, 5) is 11.8. The smallest absolute Gasteiger partial charge is 0.299 e. The normalized spacial score (nSPS) is 19.3. The number of Topliss-reactive ketones (excluding diaryl/α,β-unsaturated/α-hetero) is 1. The maximum atomic E-state index is 12.6. The van der Waals surface area contributed by atoms with Crippen LogP contribution in [-0.2, 0) is 11.0 Å². The van der Waals surface area contributed by atoms with E-state index in [9.17, 15) is 18.0 Å². The summed E-state index contributed by atoms with van der Waals surface area (Å²) in [6.45, 7) is 7.80. The molecule has 0 saturated heterocycles. The Morgan fingerprint density at radius 3 is 2.09 bits per heavy atom. The molecule has 0 spiro atoms. The molecule has 1 atom stereocenters. The highest BCUT2D eigenvalue weighted by Crippen LogP contribution is 2.34. The minimum atomic E-state index is -4.36. The van der Waals surface area contributed by atoms with Gasteiger partial charge in [-0.3, -0.25) is 9.80 Å². The highest BCUT2D eigenvalue weighted by molar-refractivity contribution is 6.08. The molecule has 1 unspecified atom stereocenters. The minimum absolute atomic E-state index is 0.0167. The van der Waals surface area contributed by atoms with Crippen molar-refractivity contribution < 1.29 is 18.0 Å². The van der Waals surface area contributed by atoms with Crippen molar-refractivity contribution in [1.82, 2.24) is 0 Å². The first kappa shape index (κ1) is 16.5. The summed E-state index contributed by atoms with van der Waals surface area (Å²) in [5, 5.41) is 6.08. The summed E-state index contributed by atoms with van der Waals surface area (Å²) in [7, 11) is 0. The molecule has 0 radical (unpaired) electrons. The topological polar surface area (TPSA) is 32.7 Å². The van der Waals surface area contributed by atoms with Crippen LogP contribution in [0.4, 0.5) is 18.9 Å². The Morgan fingerprint density at radius 1 is 1.18 bits per heavy atom. The van der Waals surface area contributed by atoms with E-state index in [1.54, 1.807) is 5.01 Å². The number of halogens is 3. The maximum Gasteiger partial charge on any atom is 0.416 e. The highest BCUT2D eigenvalue weighted by atomic mass is 19.4. The monoisotopic (exact) mass is 312 g/mol. The molecule has 0 saturated carbocycles. The van der Waals surface area contributed by atoms with Crippen LogP contribution in [0.1, 0.15) is 33.3 Å². The second kappa shape index (κ2) is 5.41. The molecule has 1 heterocycles. The molecule has 0 N–H and O–H groups in total. The predicted octanol–water partition coefficient (Wildman–Crippen LogP) is 4.13. The number of hydrogen-bond acceptors (Lipinski definition) is 3. The Balaban J connectivity index is 2.31. The average molecular weight is 312 g/mol. The van der Waals surface area contributed by atoms with Gasteiger partial charge >= 0.3 is 6.18 Å². The Morgan fingerprint density at radius 2 is 1.73 bits per heavy atom. The summed E-state index contributed by atoms with van der Waals surface area (Å²) in [6.07, 6.45) is -4.36. The lowest BCUT2D eigenvalue weighted by molar-refractivity contribution is -0.137. The molecule has 1 aromatic carbocycles. The van der Waals surface area contributed by atoms with Gasteiger partial charge in [0.2, 0.25) is 0 Å². The SMILES string of the molecule is CC(=O)C1CN(c2ccc(C(F)(F)F)cc2)N=C1C(C)(C)C. The third-order valence-corrected chi connectivity index (χ3v) is 3.67. The van der Waals surface area contributed by atoms with Crippen LogP contribution in [0.2, 0.25) is 0 Å². The van der Waals surface area contributed by atoms with E-state index in [1.807, 2.05) is 20.8 Å². The van der Waals surface area contributed by atoms with Crippen LogP contribution in [0.25, 0.3) is 0 Å². The number of ketones is 1. The second-order valence-electron chi connectivity index (χ2n) is 6.53. The molecule has 120 valence electrons. The van der Waals surface area contributed by atoms with Crippen molar-refractivity contribution in [3.05, 3.63) is 29.8 Å². The van der Waals surface area contributed by atoms with E-state index in [2.05, 4.69) is 5.10 Å². The zero-order valence-corrected chi connectivity index (χ0v) is 13.0. The summed E-state index contributed by atoms with van der Waals surface area (Å²) in [5.41, 5.74) is 0.355. The molecule has 2 rings (SSSR count). The zero-order chi connectivity index (χ0) is 16.7. The Bertz CT molecular complexity index is 597. The Hall–Kier alpha value is -1.85. The molecule has 1 aliphatic rings. The number of nitrogens with zero attached hydrogens (tertiary/aromatic N) is 2. The highest BCUT2D eigenvalue weighted by Gasteiger charge is 2.37. The summed E-state index contributed by atoms with van der Waals surface area (Å²) >= 11 is 0. The van der Waals surface area contributed by atoms with E-state index in [1.165, 1.54) is 19.1 Å². The van der Waals surface area contributed by atoms with Gasteiger partial charge in [-0.15, -0.1) is 0 Å². The molecule has 0 aliphatic carbocycles. The van der Waals surface area contributed by atoms with Crippen molar-refractivity contribution in [3.8, 4) is 0 Å². The molecule has 3 nitrogen and oxygen atoms in total. The van der Waals surface area contributed by atoms with Gasteiger partial charge in [0.15, 0.2) is 0 Å². The summed E-state index contributed by atoms with van der Waals surface area (Å²) in [5.74, 6) is -0.301. The van der Waals surface area contributed by atoms with Gasteiger partial charge in [-0.05, 0) is 31.2 Å². The molecule has 1 aromatic rings. The molecule has 0 bridgehead atoms. The third-order valence-electron chi connectivity index (χ3n) is 3.67. The van der Waals surface area contributed by atoms with Crippen molar-refractivity contribution in [2.45, 2.75) is 33.9 Å². The predicted molar refractivity (Wildman–Crippen MR) is 79.9 cm³/mol. The first-order chi connectivity index (χ1) is 10.00. The first-order valence-corrected chi connectivity index (χ1v) is 7.04. The molecule has 22 heavy (non-hydrogen) atoms. The van der Waals surface area contributed by atoms with E-state index in [-0.39, 0.29) is 17.1 Å². The van der Waals surface area contributed by atoms with Crippen molar-refractivity contribution in [3.63, 3.8) is 0 Å². The number of alkyl halides is 3. The fourth-order valence-electron chi connectivity index (χ4n) is 2.48. The largest absolute Gasteiger partial charge is 0.416 e. The number of carbonyl (C=O) groups is 1. The third kappa shape index (κ3) is 3.31. The van der Waals surface area contributed by atoms with Gasteiger partial charge in [0.25, 0.3) is 0 Å². The zero-order valence-electron chi connectivity index (χ0n) is 13.0. The van der Waals surface area contributed by atoms with Crippen LogP contribution < -0.4 is 5.01 Å². The Labute approximate surface area is 127 Å². The van der Waals surface area contributed by atoms with Gasteiger partial charge in [0, 0.05) is 5.41 Å². The van der Waals surface area contributed by atoms with Gasteiger partial charge in [-0.1, -0.05) is 20.8 Å². The number of hydrazone groups is 1. The van der Waals surface area contributed by atoms with Crippen molar-refractivity contribution in [1.29, 1.82) is 0 Å². The molecule has 0 fully saturated rings. The number of benzene rings is 1. The molecular weight excluding hydrogens is 293 g/mol. The van der Waals surface area contributed by atoms with Crippen LogP contribution in [-0.4, -0.2) is 18.0 Å². The van der Waals surface area contributed by atoms with Crippen LogP contribution in [0, 0.1) is 11.3 Å². The van der Waals surface area contributed by atoms with E-state index in [0.717, 1.165) is 17.8 Å². The first-order valence-electron chi connectivity index (χ1n) is 7.04. The Kier molecular flexibility index (Phi) is 4.06. The lowest BCUT2D eigenvalue weighted by Crippen LogP contribution is -2.32. The maximum absolute atomic E-state index is 12.6. The fourth-order valence-corrected chi connectivity index (χ4v) is 2.48. The van der Waals surface area contributed by atoms with E-state index >= 15 is 0 Å². The van der Waals surface area contributed by atoms with Gasteiger partial charge in [-0.2, -0.15) is 18.3 Å². The number of anilines is 1. The average Bonchev–Trinajstić information content (AvgIpc) is 2.83. The van der Waals surface area contributed by atoms with Gasteiger partial charge in [0.1, 0.15) is 5.78 Å². The molecule has 6 heteroatoms. The van der Waals surface area contributed by atoms with Gasteiger partial charge in [-0.25, -0.2) is 0 Å². The number of carbonyl (C=O) groups excluding carboxylic acids is 1. The lowest BCUT2D eigenvalue weighted by atomic mass is 9.81. The van der Waals surface area contributed by atoms with Crippen molar-refractivity contribution >= 4 is 17.2 Å². The molecule has 1 aliphatic heterocycles. The minimum Gasteiger partial charge on any atom is -0.299 e. The van der Waals surface area contributed by atoms with Crippen LogP contribution >= 0.6 is 0 Å². The van der Waals surface area contributed by atoms with Crippen molar-refractivity contribution in [2.75, 3.05) is 11.6 Å². The van der Waals surface area contributed by atoms with E-state index in [4.69, 9.17) is 0 Å². The van der Waals surface area contributed by atoms with Gasteiger partial charge < -0.3 is 0 Å². The van der Waals surface area contributed by atoms with Crippen LogP contribution in [0.5, 0.6) is 0 Å². The summed E-state index contributed by atoms with van der Waals surface area (Å²) < 4.78 is 37.8. The summed E-state index contributed by atoms with van der Waals surface area (Å²) in [6, 6.07) is 4.83. The number of rotatable bonds is 2. The molecule has 0 amide bonds. The lowest BCUT2D eigenvalue weighted by Gasteiger charge is -2.21. The van der Waals surface area contributed by atoms with Gasteiger partial charge in [0.05, 0.1) is 29.4 Å². The molecule has 0 aromatic heterocycles. The van der Waals surface area contributed by atoms with Crippen molar-refractivity contribution in [2.24, 2.45) is 16.4 Å². The fraction of sp³-hybridized carbons (Fsp3) is 0.500. The van der Waals surface area contributed by atoms with E-state index < -0.39 is 11.7 Å². The number of hydrogen-bond donors (Lipinski definition) is 0.